The Morgan fingerprint density at radius 1 is 0.897 bits per heavy atom. The van der Waals surface area contributed by atoms with Crippen molar-refractivity contribution in [3.8, 4) is 22.5 Å². The minimum absolute atomic E-state index is 0.771. The number of H-pyrrole nitrogens is 2. The van der Waals surface area contributed by atoms with Crippen LogP contribution < -0.4 is 10.2 Å². The number of rotatable bonds is 7. The van der Waals surface area contributed by atoms with E-state index in [1.807, 2.05) is 31.0 Å². The number of anilines is 1. The van der Waals surface area contributed by atoms with Gasteiger partial charge in [-0.05, 0) is 56.1 Å². The van der Waals surface area contributed by atoms with Gasteiger partial charge in [-0.15, -0.1) is 0 Å². The number of aromatic amines is 2. The average Bonchev–Trinajstić information content (AvgIpc) is 3.73. The van der Waals surface area contributed by atoms with Gasteiger partial charge in [-0.2, -0.15) is 5.10 Å². The number of piperazine rings is 1. The summed E-state index contributed by atoms with van der Waals surface area (Å²) in [6, 6.07) is 6.58. The topological polar surface area (TPSA) is 102 Å². The van der Waals surface area contributed by atoms with Crippen molar-refractivity contribution < 1.29 is 0 Å². The molecule has 1 saturated carbocycles. The maximum absolute atomic E-state index is 4.70. The quantitative estimate of drug-likeness (QED) is 0.288. The Kier molecular flexibility index (Phi) is 6.46. The van der Waals surface area contributed by atoms with Gasteiger partial charge in [0.15, 0.2) is 5.65 Å². The largest absolute Gasteiger partial charge is 0.367 e. The standard InChI is InChI=1S/C30H35N9/c1-38-6-8-39(9-7-38)28-19-33-18-27-24(28)12-26(35-27)29-25-11-23(17-34-30(25)37-36-29)22-10-21(15-32-16-22)14-31-13-20-4-2-3-5-20/h10-12,15-20,31,35H,2-9,13-14H2,1H3,(H,34,36,37). The highest BCUT2D eigenvalue weighted by atomic mass is 15.3. The second-order valence-corrected chi connectivity index (χ2v) is 11.1. The van der Waals surface area contributed by atoms with Crippen molar-refractivity contribution in [2.45, 2.75) is 32.2 Å². The third kappa shape index (κ3) is 4.88. The summed E-state index contributed by atoms with van der Waals surface area (Å²) in [6.45, 7) is 6.03. The van der Waals surface area contributed by atoms with Crippen LogP contribution in [0.1, 0.15) is 31.2 Å². The minimum Gasteiger partial charge on any atom is -0.367 e. The summed E-state index contributed by atoms with van der Waals surface area (Å²) in [5, 5.41) is 13.6. The number of fused-ring (bicyclic) bond motifs is 2. The van der Waals surface area contributed by atoms with E-state index in [1.165, 1.54) is 42.3 Å². The molecule has 5 aromatic rings. The van der Waals surface area contributed by atoms with Gasteiger partial charge in [-0.1, -0.05) is 12.8 Å². The molecule has 0 amide bonds. The molecule has 5 aromatic heterocycles. The molecule has 200 valence electrons. The number of hydrogen-bond donors (Lipinski definition) is 3. The molecular formula is C30H35N9. The van der Waals surface area contributed by atoms with Gasteiger partial charge < -0.3 is 20.1 Å². The molecule has 7 rings (SSSR count). The van der Waals surface area contributed by atoms with Crippen molar-refractivity contribution in [2.75, 3.05) is 44.7 Å². The fourth-order valence-corrected chi connectivity index (χ4v) is 6.11. The molecule has 0 spiro atoms. The average molecular weight is 522 g/mol. The molecule has 2 aliphatic rings. The molecule has 39 heavy (non-hydrogen) atoms. The van der Waals surface area contributed by atoms with E-state index in [0.717, 1.165) is 84.3 Å². The number of aromatic nitrogens is 6. The predicted molar refractivity (Wildman–Crippen MR) is 156 cm³/mol. The number of nitrogens with zero attached hydrogens (tertiary/aromatic N) is 6. The van der Waals surface area contributed by atoms with Crippen LogP contribution >= 0.6 is 0 Å². The Morgan fingerprint density at radius 2 is 1.72 bits per heavy atom. The lowest BCUT2D eigenvalue weighted by Crippen LogP contribution is -2.44. The summed E-state index contributed by atoms with van der Waals surface area (Å²) < 4.78 is 0. The van der Waals surface area contributed by atoms with Crippen molar-refractivity contribution in [2.24, 2.45) is 5.92 Å². The fraction of sp³-hybridized carbons (Fsp3) is 0.400. The molecule has 2 fully saturated rings. The molecule has 9 heteroatoms. The van der Waals surface area contributed by atoms with Crippen LogP contribution in [0.4, 0.5) is 5.69 Å². The molecule has 1 aliphatic carbocycles. The van der Waals surface area contributed by atoms with Crippen LogP contribution in [0.3, 0.4) is 0 Å². The Labute approximate surface area is 228 Å². The minimum atomic E-state index is 0.771. The zero-order valence-electron chi connectivity index (χ0n) is 22.5. The summed E-state index contributed by atoms with van der Waals surface area (Å²) in [6.07, 6.45) is 15.1. The highest BCUT2D eigenvalue weighted by molar-refractivity contribution is 5.99. The van der Waals surface area contributed by atoms with Crippen LogP contribution in [0.2, 0.25) is 0 Å². The third-order valence-corrected chi connectivity index (χ3v) is 8.41. The smallest absolute Gasteiger partial charge is 0.155 e. The van der Waals surface area contributed by atoms with E-state index in [0.29, 0.717) is 0 Å². The molecule has 0 bridgehead atoms. The van der Waals surface area contributed by atoms with Crippen LogP contribution in [0, 0.1) is 5.92 Å². The predicted octanol–water partition coefficient (Wildman–Crippen LogP) is 4.59. The molecule has 0 unspecified atom stereocenters. The first-order valence-corrected chi connectivity index (χ1v) is 14.1. The van der Waals surface area contributed by atoms with Gasteiger partial charge >= 0.3 is 0 Å². The van der Waals surface area contributed by atoms with E-state index < -0.39 is 0 Å². The van der Waals surface area contributed by atoms with Crippen molar-refractivity contribution in [3.05, 3.63) is 54.7 Å². The summed E-state index contributed by atoms with van der Waals surface area (Å²) >= 11 is 0. The Bertz CT molecular complexity index is 1590. The molecule has 0 atom stereocenters. The van der Waals surface area contributed by atoms with Crippen LogP contribution in [-0.2, 0) is 6.54 Å². The van der Waals surface area contributed by atoms with Gasteiger partial charge in [-0.25, -0.2) is 4.98 Å². The van der Waals surface area contributed by atoms with E-state index in [-0.39, 0.29) is 0 Å². The van der Waals surface area contributed by atoms with E-state index in [1.54, 1.807) is 0 Å². The maximum Gasteiger partial charge on any atom is 0.155 e. The van der Waals surface area contributed by atoms with Gasteiger partial charge in [0, 0.05) is 73.2 Å². The van der Waals surface area contributed by atoms with Crippen LogP contribution in [0.25, 0.3) is 44.5 Å². The van der Waals surface area contributed by atoms with Crippen molar-refractivity contribution in [1.82, 2.24) is 40.3 Å². The Hall–Kier alpha value is -3.82. The lowest BCUT2D eigenvalue weighted by atomic mass is 10.1. The fourth-order valence-electron chi connectivity index (χ4n) is 6.11. The van der Waals surface area contributed by atoms with Gasteiger partial charge in [0.2, 0.25) is 0 Å². The summed E-state index contributed by atoms with van der Waals surface area (Å²) in [7, 11) is 2.18. The van der Waals surface area contributed by atoms with Crippen molar-refractivity contribution >= 4 is 27.6 Å². The van der Waals surface area contributed by atoms with Gasteiger partial charge in [-0.3, -0.25) is 15.1 Å². The number of nitrogens with one attached hydrogen (secondary N) is 3. The van der Waals surface area contributed by atoms with Gasteiger partial charge in [0.1, 0.15) is 5.69 Å². The molecule has 1 saturated heterocycles. The van der Waals surface area contributed by atoms with Crippen molar-refractivity contribution in [1.29, 1.82) is 0 Å². The van der Waals surface area contributed by atoms with E-state index >= 15 is 0 Å². The Morgan fingerprint density at radius 3 is 2.59 bits per heavy atom. The van der Waals surface area contributed by atoms with Crippen LogP contribution in [0.15, 0.2) is 49.2 Å². The highest BCUT2D eigenvalue weighted by Crippen LogP contribution is 2.34. The lowest BCUT2D eigenvalue weighted by Gasteiger charge is -2.34. The van der Waals surface area contributed by atoms with E-state index in [2.05, 4.69) is 65.5 Å². The second kappa shape index (κ2) is 10.4. The number of hydrogen-bond acceptors (Lipinski definition) is 7. The number of pyridine rings is 3. The molecular weight excluding hydrogens is 486 g/mol. The zero-order valence-corrected chi connectivity index (χ0v) is 22.5. The summed E-state index contributed by atoms with van der Waals surface area (Å²) in [5.74, 6) is 0.824. The van der Waals surface area contributed by atoms with E-state index in [4.69, 9.17) is 4.98 Å². The number of likely N-dealkylation sites (N-methyl/N-ethyl adjacent to an activating group) is 1. The van der Waals surface area contributed by atoms with Crippen LogP contribution in [-0.4, -0.2) is 74.8 Å². The van der Waals surface area contributed by atoms with Crippen LogP contribution in [0.5, 0.6) is 0 Å². The second-order valence-electron chi connectivity index (χ2n) is 11.1. The Balaban J connectivity index is 1.17. The monoisotopic (exact) mass is 521 g/mol. The molecule has 6 heterocycles. The third-order valence-electron chi connectivity index (χ3n) is 8.41. The maximum atomic E-state index is 4.70. The lowest BCUT2D eigenvalue weighted by molar-refractivity contribution is 0.313. The molecule has 1 aliphatic heterocycles. The molecule has 0 radical (unpaired) electrons. The first-order chi connectivity index (χ1) is 19.2. The summed E-state index contributed by atoms with van der Waals surface area (Å²) in [4.78, 5) is 22.1. The highest BCUT2D eigenvalue weighted by Gasteiger charge is 2.20. The van der Waals surface area contributed by atoms with Crippen molar-refractivity contribution in [3.63, 3.8) is 0 Å². The SMILES string of the molecule is CN1CCN(c2cncc3[nH]c(-c4n[nH]c5ncc(-c6cncc(CNCC7CCCC7)c6)cc45)cc23)CC1. The molecule has 3 N–H and O–H groups in total. The van der Waals surface area contributed by atoms with Gasteiger partial charge in [0.25, 0.3) is 0 Å². The van der Waals surface area contributed by atoms with Gasteiger partial charge in [0.05, 0.1) is 29.3 Å². The first-order valence-electron chi connectivity index (χ1n) is 14.1. The van der Waals surface area contributed by atoms with E-state index in [9.17, 15) is 0 Å². The normalized spacial score (nSPS) is 17.1. The zero-order chi connectivity index (χ0) is 26.2. The summed E-state index contributed by atoms with van der Waals surface area (Å²) in [5.41, 5.74) is 8.07. The first kappa shape index (κ1) is 24.2. The molecule has 0 aromatic carbocycles. The molecule has 9 nitrogen and oxygen atoms in total.